The Hall–Kier alpha value is -2.66. The molecule has 3 aromatic heterocycles. The van der Waals surface area contributed by atoms with Gasteiger partial charge < -0.3 is 4.90 Å². The Morgan fingerprint density at radius 3 is 2.69 bits per heavy atom. The van der Waals surface area contributed by atoms with E-state index in [0.29, 0.717) is 34.9 Å². The molecule has 0 atom stereocenters. The van der Waals surface area contributed by atoms with Gasteiger partial charge >= 0.3 is 0 Å². The van der Waals surface area contributed by atoms with Crippen LogP contribution in [0.2, 0.25) is 5.02 Å². The van der Waals surface area contributed by atoms with Crippen LogP contribution in [0.4, 0.5) is 5.95 Å². The molecule has 1 saturated heterocycles. The maximum Gasteiger partial charge on any atom is 0.244 e. The molecule has 0 spiro atoms. The first kappa shape index (κ1) is 16.8. The van der Waals surface area contributed by atoms with E-state index in [1.807, 2.05) is 18.7 Å². The van der Waals surface area contributed by atoms with Crippen LogP contribution in [-0.2, 0) is 19.9 Å². The number of hydrogen-bond acceptors (Lipinski definition) is 6. The maximum atomic E-state index is 9.19. The zero-order valence-corrected chi connectivity index (χ0v) is 15.5. The van der Waals surface area contributed by atoms with Gasteiger partial charge in [0.2, 0.25) is 5.95 Å². The molecular weight excluding hydrogens is 352 g/mol. The van der Waals surface area contributed by atoms with E-state index >= 15 is 0 Å². The second kappa shape index (κ2) is 6.57. The highest BCUT2D eigenvalue weighted by Crippen LogP contribution is 2.21. The molecule has 0 bridgehead atoms. The largest absolute Gasteiger partial charge is 0.340 e. The van der Waals surface area contributed by atoms with Crippen LogP contribution in [0.3, 0.4) is 0 Å². The van der Waals surface area contributed by atoms with Crippen LogP contribution in [0.5, 0.6) is 0 Å². The average molecular weight is 371 g/mol. The highest BCUT2D eigenvalue weighted by Gasteiger charge is 2.19. The van der Waals surface area contributed by atoms with Gasteiger partial charge in [-0.05, 0) is 25.8 Å². The number of aromatic nitrogens is 6. The summed E-state index contributed by atoms with van der Waals surface area (Å²) in [5, 5.41) is 18.7. The van der Waals surface area contributed by atoms with E-state index in [0.717, 1.165) is 30.6 Å². The lowest BCUT2D eigenvalue weighted by Crippen LogP contribution is -2.19. The third-order valence-electron chi connectivity index (χ3n) is 4.77. The molecule has 0 amide bonds. The van der Waals surface area contributed by atoms with Crippen molar-refractivity contribution in [3.63, 3.8) is 0 Å². The molecule has 0 radical (unpaired) electrons. The first-order chi connectivity index (χ1) is 12.6. The van der Waals surface area contributed by atoms with Crippen molar-refractivity contribution in [1.82, 2.24) is 29.4 Å². The van der Waals surface area contributed by atoms with E-state index in [1.165, 1.54) is 12.8 Å². The predicted octanol–water partition coefficient (Wildman–Crippen LogP) is 2.08. The number of halogens is 1. The van der Waals surface area contributed by atoms with E-state index < -0.39 is 0 Å². The van der Waals surface area contributed by atoms with Crippen LogP contribution in [0.15, 0.2) is 6.07 Å². The number of aryl methyl sites for hydroxylation is 4. The number of nitriles is 1. The summed E-state index contributed by atoms with van der Waals surface area (Å²) in [6, 6.07) is 3.77. The summed E-state index contributed by atoms with van der Waals surface area (Å²) >= 11 is 6.24. The third-order valence-corrected chi connectivity index (χ3v) is 5.04. The summed E-state index contributed by atoms with van der Waals surface area (Å²) in [7, 11) is 1.92. The Bertz CT molecular complexity index is 1010. The molecule has 8 nitrogen and oxygen atoms in total. The standard InChI is InChI=1S/C17H19ClN8/c1-11-12(10-19)9-13(18)16-20-14(22-26(11)16)5-6-15-21-17(23-24(15)2)25-7-3-4-8-25/h9H,3-8H2,1-2H3. The molecular formula is C17H19ClN8. The minimum absolute atomic E-state index is 0.431. The number of anilines is 1. The fourth-order valence-corrected chi connectivity index (χ4v) is 3.50. The Balaban J connectivity index is 1.56. The molecule has 0 saturated carbocycles. The SMILES string of the molecule is Cc1c(C#N)cc(Cl)c2nc(CCc3nc(N4CCCC4)nn3C)nn12. The Morgan fingerprint density at radius 2 is 1.96 bits per heavy atom. The first-order valence-electron chi connectivity index (χ1n) is 8.66. The van der Waals surface area contributed by atoms with Crippen LogP contribution < -0.4 is 4.90 Å². The van der Waals surface area contributed by atoms with Crippen LogP contribution >= 0.6 is 11.6 Å². The molecule has 0 aliphatic carbocycles. The van der Waals surface area contributed by atoms with E-state index in [9.17, 15) is 5.26 Å². The van der Waals surface area contributed by atoms with Crippen molar-refractivity contribution in [2.45, 2.75) is 32.6 Å². The molecule has 0 N–H and O–H groups in total. The highest BCUT2D eigenvalue weighted by molar-refractivity contribution is 6.33. The number of hydrogen-bond donors (Lipinski definition) is 0. The Labute approximate surface area is 156 Å². The normalized spacial score (nSPS) is 14.3. The zero-order chi connectivity index (χ0) is 18.3. The third kappa shape index (κ3) is 2.88. The van der Waals surface area contributed by atoms with Crippen molar-refractivity contribution in [2.24, 2.45) is 7.05 Å². The topological polar surface area (TPSA) is 87.9 Å². The predicted molar refractivity (Wildman–Crippen MR) is 97.3 cm³/mol. The number of rotatable bonds is 4. The van der Waals surface area contributed by atoms with Gasteiger partial charge in [0.25, 0.3) is 0 Å². The fraction of sp³-hybridized carbons (Fsp3) is 0.471. The minimum Gasteiger partial charge on any atom is -0.340 e. The van der Waals surface area contributed by atoms with Gasteiger partial charge in [-0.1, -0.05) is 11.6 Å². The van der Waals surface area contributed by atoms with Crippen molar-refractivity contribution in [1.29, 1.82) is 5.26 Å². The van der Waals surface area contributed by atoms with E-state index in [4.69, 9.17) is 11.6 Å². The summed E-state index contributed by atoms with van der Waals surface area (Å²) in [6.07, 6.45) is 3.72. The molecule has 9 heteroatoms. The second-order valence-electron chi connectivity index (χ2n) is 6.51. The molecule has 0 unspecified atom stereocenters. The molecule has 1 aliphatic rings. The lowest BCUT2D eigenvalue weighted by atomic mass is 10.2. The first-order valence-corrected chi connectivity index (χ1v) is 9.04. The summed E-state index contributed by atoms with van der Waals surface area (Å²) in [4.78, 5) is 11.4. The maximum absolute atomic E-state index is 9.19. The van der Waals surface area contributed by atoms with E-state index in [1.54, 1.807) is 10.6 Å². The molecule has 134 valence electrons. The summed E-state index contributed by atoms with van der Waals surface area (Å²) in [5.41, 5.74) is 1.82. The number of fused-ring (bicyclic) bond motifs is 1. The van der Waals surface area contributed by atoms with Crippen LogP contribution in [0.1, 0.15) is 35.7 Å². The molecule has 4 rings (SSSR count). The Kier molecular flexibility index (Phi) is 4.24. The monoisotopic (exact) mass is 370 g/mol. The van der Waals surface area contributed by atoms with Crippen molar-refractivity contribution >= 4 is 23.2 Å². The lowest BCUT2D eigenvalue weighted by Gasteiger charge is -2.10. The van der Waals surface area contributed by atoms with Gasteiger partial charge in [0.1, 0.15) is 11.9 Å². The van der Waals surface area contributed by atoms with Gasteiger partial charge in [0.05, 0.1) is 16.3 Å². The molecule has 1 aliphatic heterocycles. The second-order valence-corrected chi connectivity index (χ2v) is 6.92. The van der Waals surface area contributed by atoms with E-state index in [-0.39, 0.29) is 0 Å². The fourth-order valence-electron chi connectivity index (χ4n) is 3.27. The highest BCUT2D eigenvalue weighted by atomic mass is 35.5. The van der Waals surface area contributed by atoms with Crippen molar-refractivity contribution < 1.29 is 0 Å². The smallest absolute Gasteiger partial charge is 0.244 e. The van der Waals surface area contributed by atoms with Gasteiger partial charge in [-0.25, -0.2) is 9.50 Å². The average Bonchev–Trinajstić information content (AvgIpc) is 3.35. The molecule has 0 aromatic carbocycles. The summed E-state index contributed by atoms with van der Waals surface area (Å²) in [5.74, 6) is 2.39. The van der Waals surface area contributed by atoms with Crippen LogP contribution in [0, 0.1) is 18.3 Å². The van der Waals surface area contributed by atoms with Gasteiger partial charge in [0, 0.05) is 33.0 Å². The van der Waals surface area contributed by atoms with Crippen molar-refractivity contribution in [3.8, 4) is 6.07 Å². The van der Waals surface area contributed by atoms with Gasteiger partial charge in [-0.2, -0.15) is 15.3 Å². The number of pyridine rings is 1. The van der Waals surface area contributed by atoms with Crippen LogP contribution in [0.25, 0.3) is 5.65 Å². The number of nitrogens with zero attached hydrogens (tertiary/aromatic N) is 8. The van der Waals surface area contributed by atoms with Gasteiger partial charge in [-0.3, -0.25) is 4.68 Å². The van der Waals surface area contributed by atoms with Crippen molar-refractivity contribution in [2.75, 3.05) is 18.0 Å². The lowest BCUT2D eigenvalue weighted by molar-refractivity contribution is 0.681. The molecule has 1 fully saturated rings. The molecule has 4 heterocycles. The Morgan fingerprint density at radius 1 is 1.19 bits per heavy atom. The zero-order valence-electron chi connectivity index (χ0n) is 14.8. The minimum atomic E-state index is 0.431. The van der Waals surface area contributed by atoms with Crippen LogP contribution in [-0.4, -0.2) is 42.5 Å². The van der Waals surface area contributed by atoms with Gasteiger partial charge in [0.15, 0.2) is 11.5 Å². The quantitative estimate of drug-likeness (QED) is 0.698. The van der Waals surface area contributed by atoms with Gasteiger partial charge in [-0.15, -0.1) is 5.10 Å². The molecule has 26 heavy (non-hydrogen) atoms. The van der Waals surface area contributed by atoms with E-state index in [2.05, 4.69) is 31.1 Å². The summed E-state index contributed by atoms with van der Waals surface area (Å²) in [6.45, 7) is 3.89. The van der Waals surface area contributed by atoms with Crippen molar-refractivity contribution in [3.05, 3.63) is 34.0 Å². The summed E-state index contributed by atoms with van der Waals surface area (Å²) < 4.78 is 3.47. The molecule has 3 aromatic rings.